The first kappa shape index (κ1) is 35.4. The lowest BCUT2D eigenvalue weighted by Crippen LogP contribution is -2.15. The first-order chi connectivity index (χ1) is 29.1. The summed E-state index contributed by atoms with van der Waals surface area (Å²) in [6.45, 7) is 5.86. The second-order valence-corrected chi connectivity index (χ2v) is 14.2. The zero-order chi connectivity index (χ0) is 39.7. The first-order valence-corrected chi connectivity index (χ1v) is 19.5. The fourth-order valence-corrected chi connectivity index (χ4v) is 7.50. The van der Waals surface area contributed by atoms with Gasteiger partial charge in [0.05, 0.1) is 22.7 Å². The van der Waals surface area contributed by atoms with E-state index >= 15 is 0 Å². The Morgan fingerprint density at radius 1 is 0.441 bits per heavy atom. The molecule has 2 aliphatic heterocycles. The molecule has 0 amide bonds. The molecule has 3 heterocycles. The van der Waals surface area contributed by atoms with Crippen LogP contribution < -0.4 is 19.3 Å². The van der Waals surface area contributed by atoms with Gasteiger partial charge in [0.15, 0.2) is 40.5 Å². The molecule has 1 aromatic heterocycles. The van der Waals surface area contributed by atoms with Crippen molar-refractivity contribution < 1.29 is 9.47 Å². The molecule has 8 aromatic rings. The smallest absolute Gasteiger partial charge is 0.164 e. The van der Waals surface area contributed by atoms with Crippen LogP contribution >= 0.6 is 0 Å². The second-order valence-electron chi connectivity index (χ2n) is 14.2. The molecule has 0 spiro atoms. The van der Waals surface area contributed by atoms with E-state index in [0.717, 1.165) is 84.9 Å². The number of rotatable bonds is 8. The largest absolute Gasteiger partial charge is 0.453 e. The molecule has 0 unspecified atom stereocenters. The Kier molecular flexibility index (Phi) is 9.08. The third kappa shape index (κ3) is 6.70. The quantitative estimate of drug-likeness (QED) is 0.143. The van der Waals surface area contributed by atoms with Gasteiger partial charge in [-0.3, -0.25) is 0 Å². The number of allylic oxidation sites excluding steroid dienone is 5. The molecule has 0 aliphatic carbocycles. The predicted molar refractivity (Wildman–Crippen MR) is 239 cm³/mol. The number of fused-ring (bicyclic) bond motifs is 4. The van der Waals surface area contributed by atoms with Crippen LogP contribution in [0.3, 0.4) is 0 Å². The normalized spacial score (nSPS) is 12.8. The lowest BCUT2D eigenvalue weighted by Gasteiger charge is -2.32. The van der Waals surface area contributed by atoms with Crippen molar-refractivity contribution in [1.82, 2.24) is 15.0 Å². The predicted octanol–water partition coefficient (Wildman–Crippen LogP) is 14.2. The third-order valence-corrected chi connectivity index (χ3v) is 10.5. The van der Waals surface area contributed by atoms with E-state index in [1.165, 1.54) is 0 Å². The lowest BCUT2D eigenvalue weighted by molar-refractivity contribution is 0.477. The van der Waals surface area contributed by atoms with Gasteiger partial charge in [0.1, 0.15) is 0 Å². The van der Waals surface area contributed by atoms with E-state index in [1.54, 1.807) is 6.08 Å². The Balaban J connectivity index is 1.04. The molecule has 7 nitrogen and oxygen atoms in total. The van der Waals surface area contributed by atoms with Crippen LogP contribution in [0.15, 0.2) is 201 Å². The molecule has 282 valence electrons. The molecule has 0 saturated carbocycles. The van der Waals surface area contributed by atoms with Gasteiger partial charge in [-0.2, -0.15) is 0 Å². The monoisotopic (exact) mass is 763 g/mol. The Hall–Kier alpha value is -8.03. The van der Waals surface area contributed by atoms with Crippen LogP contribution in [0.5, 0.6) is 23.0 Å². The molecule has 7 aromatic carbocycles. The van der Waals surface area contributed by atoms with Gasteiger partial charge in [-0.05, 0) is 115 Å². The average molecular weight is 764 g/mol. The maximum Gasteiger partial charge on any atom is 0.164 e. The van der Waals surface area contributed by atoms with Gasteiger partial charge in [-0.1, -0.05) is 104 Å². The van der Waals surface area contributed by atoms with Crippen molar-refractivity contribution in [2.24, 2.45) is 0 Å². The third-order valence-electron chi connectivity index (χ3n) is 10.5. The van der Waals surface area contributed by atoms with Gasteiger partial charge >= 0.3 is 0 Å². The van der Waals surface area contributed by atoms with E-state index < -0.39 is 0 Å². The van der Waals surface area contributed by atoms with Gasteiger partial charge in [0, 0.05) is 28.1 Å². The zero-order valence-electron chi connectivity index (χ0n) is 32.2. The lowest BCUT2D eigenvalue weighted by atomic mass is 10.0. The van der Waals surface area contributed by atoms with E-state index in [0.29, 0.717) is 17.5 Å². The average Bonchev–Trinajstić information content (AvgIpc) is 3.30. The number of aromatic nitrogens is 3. The van der Waals surface area contributed by atoms with Gasteiger partial charge in [-0.25, -0.2) is 15.0 Å². The summed E-state index contributed by atoms with van der Waals surface area (Å²) in [5.74, 6) is 4.97. The van der Waals surface area contributed by atoms with Crippen molar-refractivity contribution in [2.45, 2.75) is 6.92 Å². The minimum Gasteiger partial charge on any atom is -0.453 e. The Morgan fingerprint density at radius 3 is 1.14 bits per heavy atom. The van der Waals surface area contributed by atoms with Crippen LogP contribution in [0.25, 0.3) is 39.7 Å². The van der Waals surface area contributed by atoms with E-state index in [2.05, 4.69) is 126 Å². The number of ether oxygens (including phenoxy) is 2. The summed E-state index contributed by atoms with van der Waals surface area (Å²) in [6, 6.07) is 57.4. The number of benzene rings is 7. The molecule has 59 heavy (non-hydrogen) atoms. The highest BCUT2D eigenvalue weighted by molar-refractivity contribution is 5.88. The summed E-state index contributed by atoms with van der Waals surface area (Å²) in [4.78, 5) is 19.7. The summed E-state index contributed by atoms with van der Waals surface area (Å²) in [5.41, 5.74) is 10.8. The zero-order valence-corrected chi connectivity index (χ0v) is 32.2. The molecule has 0 saturated heterocycles. The van der Waals surface area contributed by atoms with E-state index in [1.807, 2.05) is 84.9 Å². The Morgan fingerprint density at radius 2 is 0.780 bits per heavy atom. The number of hydrogen-bond acceptors (Lipinski definition) is 7. The van der Waals surface area contributed by atoms with Crippen molar-refractivity contribution in [3.05, 3.63) is 206 Å². The van der Waals surface area contributed by atoms with Gasteiger partial charge < -0.3 is 19.3 Å². The number of anilines is 6. The van der Waals surface area contributed by atoms with Crippen molar-refractivity contribution in [2.75, 3.05) is 9.80 Å². The van der Waals surface area contributed by atoms with Crippen molar-refractivity contribution >= 4 is 39.7 Å². The molecular weight excluding hydrogens is 727 g/mol. The van der Waals surface area contributed by atoms with Crippen molar-refractivity contribution in [1.29, 1.82) is 0 Å². The molecule has 0 radical (unpaired) electrons. The Labute approximate surface area is 343 Å². The molecule has 10 rings (SSSR count). The highest BCUT2D eigenvalue weighted by Crippen LogP contribution is 2.51. The molecule has 7 heteroatoms. The highest BCUT2D eigenvalue weighted by atomic mass is 16.5. The summed E-state index contributed by atoms with van der Waals surface area (Å²) >= 11 is 0. The summed E-state index contributed by atoms with van der Waals surface area (Å²) in [6.07, 6.45) is 7.75. The summed E-state index contributed by atoms with van der Waals surface area (Å²) in [5, 5.41) is 0. The molecule has 0 bridgehead atoms. The van der Waals surface area contributed by atoms with E-state index in [-0.39, 0.29) is 0 Å². The number of para-hydroxylation sites is 8. The number of hydrogen-bond donors (Lipinski definition) is 0. The SMILES string of the molecule is C=C/C=C\C=C(/C)c1ccc(-c2nc(-c3ccc(N4c5ccccc5Oc5ccccc54)cc3)nc(-c3ccc(N4c5ccccc5Oc5ccccc54)cc3)n2)cc1. The van der Waals surface area contributed by atoms with Crippen molar-refractivity contribution in [3.63, 3.8) is 0 Å². The summed E-state index contributed by atoms with van der Waals surface area (Å²) in [7, 11) is 0. The van der Waals surface area contributed by atoms with E-state index in [4.69, 9.17) is 24.4 Å². The van der Waals surface area contributed by atoms with Gasteiger partial charge in [0.2, 0.25) is 0 Å². The van der Waals surface area contributed by atoms with Crippen LogP contribution in [0.2, 0.25) is 0 Å². The van der Waals surface area contributed by atoms with E-state index in [9.17, 15) is 0 Å². The Bertz CT molecular complexity index is 2670. The van der Waals surface area contributed by atoms with Crippen LogP contribution in [0.4, 0.5) is 34.1 Å². The molecule has 2 aliphatic rings. The standard InChI is InChI=1S/C52H37N5O2/c1-3-4-5-14-35(2)36-23-25-37(26-24-36)50-53-51(38-27-31-40(32-28-38)56-42-15-6-10-19-46(42)58-47-20-11-7-16-43(47)56)55-52(54-50)39-29-33-41(34-30-39)57-44-17-8-12-21-48(44)59-49-22-13-9-18-45(49)57/h3-34H,1H2,2H3/b5-4-,35-14+. The minimum atomic E-state index is 0.578. The van der Waals surface area contributed by atoms with Crippen LogP contribution in [-0.4, -0.2) is 15.0 Å². The molecule has 0 fully saturated rings. The van der Waals surface area contributed by atoms with Crippen molar-refractivity contribution in [3.8, 4) is 57.2 Å². The minimum absolute atomic E-state index is 0.578. The maximum atomic E-state index is 6.26. The topological polar surface area (TPSA) is 63.6 Å². The van der Waals surface area contributed by atoms with Crippen LogP contribution in [-0.2, 0) is 0 Å². The van der Waals surface area contributed by atoms with Gasteiger partial charge in [-0.15, -0.1) is 0 Å². The molecular formula is C52H37N5O2. The summed E-state index contributed by atoms with van der Waals surface area (Å²) < 4.78 is 12.5. The molecule has 0 atom stereocenters. The number of nitrogens with zero attached hydrogens (tertiary/aromatic N) is 5. The fraction of sp³-hybridized carbons (Fsp3) is 0.0192. The first-order valence-electron chi connectivity index (χ1n) is 19.5. The van der Waals surface area contributed by atoms with Crippen LogP contribution in [0.1, 0.15) is 12.5 Å². The van der Waals surface area contributed by atoms with Crippen LogP contribution in [0, 0.1) is 0 Å². The van der Waals surface area contributed by atoms with Gasteiger partial charge in [0.25, 0.3) is 0 Å². The second kappa shape index (κ2) is 15.1. The fourth-order valence-electron chi connectivity index (χ4n) is 7.50. The maximum absolute atomic E-state index is 6.26. The highest BCUT2D eigenvalue weighted by Gasteiger charge is 2.27. The molecule has 0 N–H and O–H groups in total.